The molecule has 3 atom stereocenters. The second kappa shape index (κ2) is 6.39. The number of benzene rings is 2. The normalized spacial score (nSPS) is 24.9. The fraction of sp³-hybridized carbons (Fsp3) is 0.350. The number of hydrogen-bond acceptors (Lipinski definition) is 3. The first kappa shape index (κ1) is 16.5. The molecule has 1 saturated carbocycles. The predicted molar refractivity (Wildman–Crippen MR) is 100 cm³/mol. The zero-order valence-electron chi connectivity index (χ0n) is 14.5. The second-order valence-electron chi connectivity index (χ2n) is 7.02. The molecule has 1 aliphatic carbocycles. The standard InChI is InChI=1S/C20H21N5O/c21-19(26)20(25-13-11-14-6-4-5-9-17(14)25)12-10-16(20)18(23-24-22)15-7-2-1-3-8-15/h1-9,16,18H,10-13H2,(H2,21,26). The maximum atomic E-state index is 12.7. The van der Waals surface area contributed by atoms with Crippen molar-refractivity contribution in [3.8, 4) is 0 Å². The fourth-order valence-corrected chi connectivity index (χ4v) is 4.62. The van der Waals surface area contributed by atoms with E-state index in [0.29, 0.717) is 6.42 Å². The van der Waals surface area contributed by atoms with Crippen LogP contribution in [-0.4, -0.2) is 18.0 Å². The van der Waals surface area contributed by atoms with Crippen molar-refractivity contribution < 1.29 is 4.79 Å². The van der Waals surface area contributed by atoms with Gasteiger partial charge in [-0.3, -0.25) is 4.79 Å². The van der Waals surface area contributed by atoms with Crippen molar-refractivity contribution in [3.05, 3.63) is 76.2 Å². The first-order valence-corrected chi connectivity index (χ1v) is 8.93. The summed E-state index contributed by atoms with van der Waals surface area (Å²) in [5.41, 5.74) is 17.5. The number of anilines is 1. The van der Waals surface area contributed by atoms with Gasteiger partial charge >= 0.3 is 0 Å². The largest absolute Gasteiger partial charge is 0.368 e. The van der Waals surface area contributed by atoms with Gasteiger partial charge in [-0.25, -0.2) is 0 Å². The molecule has 1 heterocycles. The molecule has 1 aliphatic heterocycles. The average molecular weight is 347 g/mol. The van der Waals surface area contributed by atoms with Gasteiger partial charge in [0.25, 0.3) is 0 Å². The molecule has 1 fully saturated rings. The summed E-state index contributed by atoms with van der Waals surface area (Å²) in [4.78, 5) is 17.9. The molecule has 2 aromatic carbocycles. The van der Waals surface area contributed by atoms with Gasteiger partial charge in [0.2, 0.25) is 5.91 Å². The topological polar surface area (TPSA) is 95.1 Å². The van der Waals surface area contributed by atoms with Crippen molar-refractivity contribution >= 4 is 11.6 Å². The van der Waals surface area contributed by atoms with Gasteiger partial charge in [-0.05, 0) is 42.0 Å². The highest BCUT2D eigenvalue weighted by Gasteiger charge is 2.59. The molecule has 6 nitrogen and oxygen atoms in total. The van der Waals surface area contributed by atoms with E-state index in [4.69, 9.17) is 11.3 Å². The molecule has 0 spiro atoms. The van der Waals surface area contributed by atoms with Gasteiger partial charge in [-0.1, -0.05) is 53.6 Å². The molecule has 132 valence electrons. The highest BCUT2D eigenvalue weighted by molar-refractivity contribution is 5.91. The Morgan fingerprint density at radius 3 is 2.62 bits per heavy atom. The van der Waals surface area contributed by atoms with Crippen LogP contribution in [0.4, 0.5) is 5.69 Å². The molecule has 4 rings (SSSR count). The van der Waals surface area contributed by atoms with Crippen molar-refractivity contribution in [2.75, 3.05) is 11.4 Å². The third kappa shape index (κ3) is 2.34. The van der Waals surface area contributed by atoms with Crippen LogP contribution in [0.15, 0.2) is 59.7 Å². The number of fused-ring (bicyclic) bond motifs is 1. The number of amides is 1. The molecule has 1 amide bonds. The summed E-state index contributed by atoms with van der Waals surface area (Å²) in [6.07, 6.45) is 2.39. The zero-order valence-corrected chi connectivity index (χ0v) is 14.5. The number of carbonyl (C=O) groups excluding carboxylic acids is 1. The zero-order chi connectivity index (χ0) is 18.1. The van der Waals surface area contributed by atoms with Crippen LogP contribution in [0.5, 0.6) is 0 Å². The second-order valence-corrected chi connectivity index (χ2v) is 7.02. The van der Waals surface area contributed by atoms with Gasteiger partial charge in [0, 0.05) is 23.1 Å². The molecule has 2 aliphatic rings. The van der Waals surface area contributed by atoms with Crippen molar-refractivity contribution in [1.29, 1.82) is 0 Å². The highest BCUT2D eigenvalue weighted by atomic mass is 16.1. The van der Waals surface area contributed by atoms with E-state index in [1.165, 1.54) is 5.56 Å². The van der Waals surface area contributed by atoms with Crippen LogP contribution in [-0.2, 0) is 11.2 Å². The lowest BCUT2D eigenvalue weighted by Crippen LogP contribution is -2.68. The van der Waals surface area contributed by atoms with Gasteiger partial charge in [0.05, 0.1) is 6.04 Å². The lowest BCUT2D eigenvalue weighted by molar-refractivity contribution is -0.130. The van der Waals surface area contributed by atoms with Crippen LogP contribution in [0, 0.1) is 5.92 Å². The van der Waals surface area contributed by atoms with Crippen LogP contribution >= 0.6 is 0 Å². The van der Waals surface area contributed by atoms with Gasteiger partial charge < -0.3 is 10.6 Å². The number of primary amides is 1. The van der Waals surface area contributed by atoms with Crippen LogP contribution in [0.25, 0.3) is 10.4 Å². The molecule has 2 aromatic rings. The van der Waals surface area contributed by atoms with Crippen LogP contribution in [0.3, 0.4) is 0 Å². The molecule has 3 unspecified atom stereocenters. The Morgan fingerprint density at radius 1 is 1.23 bits per heavy atom. The molecule has 6 heteroatoms. The molecule has 0 saturated heterocycles. The van der Waals surface area contributed by atoms with Crippen molar-refractivity contribution in [2.24, 2.45) is 16.8 Å². The SMILES string of the molecule is [N-]=[N+]=NC(c1ccccc1)C1CCC1(C(N)=O)N1CCc2ccccc21. The Bertz CT molecular complexity index is 877. The van der Waals surface area contributed by atoms with E-state index in [9.17, 15) is 4.79 Å². The maximum absolute atomic E-state index is 12.7. The summed E-state index contributed by atoms with van der Waals surface area (Å²) in [5, 5.41) is 4.07. The number of azide groups is 1. The number of carbonyl (C=O) groups is 1. The van der Waals surface area contributed by atoms with Gasteiger partial charge in [0.15, 0.2) is 0 Å². The molecular formula is C20H21N5O. The Kier molecular flexibility index (Phi) is 4.05. The lowest BCUT2D eigenvalue weighted by Gasteiger charge is -2.55. The summed E-state index contributed by atoms with van der Waals surface area (Å²) >= 11 is 0. The number of nitrogens with zero attached hydrogens (tertiary/aromatic N) is 4. The summed E-state index contributed by atoms with van der Waals surface area (Å²) in [6.45, 7) is 0.760. The minimum atomic E-state index is -0.804. The fourth-order valence-electron chi connectivity index (χ4n) is 4.62. The van der Waals surface area contributed by atoms with Crippen LogP contribution in [0.1, 0.15) is 30.0 Å². The van der Waals surface area contributed by atoms with E-state index >= 15 is 0 Å². The van der Waals surface area contributed by atoms with Gasteiger partial charge in [-0.2, -0.15) is 0 Å². The molecule has 2 N–H and O–H groups in total. The summed E-state index contributed by atoms with van der Waals surface area (Å²) in [5.74, 6) is -0.469. The Hall–Kier alpha value is -2.98. The monoisotopic (exact) mass is 347 g/mol. The molecular weight excluding hydrogens is 326 g/mol. The molecule has 26 heavy (non-hydrogen) atoms. The summed E-state index contributed by atoms with van der Waals surface area (Å²) in [6, 6.07) is 17.4. The van der Waals surface area contributed by atoms with Crippen molar-refractivity contribution in [2.45, 2.75) is 30.8 Å². The molecule has 0 aromatic heterocycles. The average Bonchev–Trinajstić information content (AvgIpc) is 3.06. The third-order valence-electron chi connectivity index (χ3n) is 5.94. The van der Waals surface area contributed by atoms with E-state index in [1.807, 2.05) is 48.5 Å². The van der Waals surface area contributed by atoms with Crippen LogP contribution < -0.4 is 10.6 Å². The van der Waals surface area contributed by atoms with E-state index in [-0.39, 0.29) is 11.8 Å². The molecule has 0 radical (unpaired) electrons. The maximum Gasteiger partial charge on any atom is 0.243 e. The summed E-state index contributed by atoms with van der Waals surface area (Å²) in [7, 11) is 0. The van der Waals surface area contributed by atoms with Gasteiger partial charge in [0.1, 0.15) is 5.54 Å². The predicted octanol–water partition coefficient (Wildman–Crippen LogP) is 3.73. The smallest absolute Gasteiger partial charge is 0.243 e. The number of rotatable bonds is 5. The molecule has 0 bridgehead atoms. The summed E-state index contributed by atoms with van der Waals surface area (Å²) < 4.78 is 0. The van der Waals surface area contributed by atoms with Crippen LogP contribution in [0.2, 0.25) is 0 Å². The first-order chi connectivity index (χ1) is 12.7. The first-order valence-electron chi connectivity index (χ1n) is 8.93. The number of para-hydroxylation sites is 1. The minimum Gasteiger partial charge on any atom is -0.368 e. The van der Waals surface area contributed by atoms with Gasteiger partial charge in [-0.15, -0.1) is 0 Å². The lowest BCUT2D eigenvalue weighted by atomic mass is 9.60. The number of nitrogens with two attached hydrogens (primary N) is 1. The van der Waals surface area contributed by atoms with Crippen molar-refractivity contribution in [3.63, 3.8) is 0 Å². The minimum absolute atomic E-state index is 0.135. The van der Waals surface area contributed by atoms with E-state index in [1.54, 1.807) is 0 Å². The third-order valence-corrected chi connectivity index (χ3v) is 5.94. The highest BCUT2D eigenvalue weighted by Crippen LogP contribution is 2.53. The van der Waals surface area contributed by atoms with E-state index in [0.717, 1.165) is 30.6 Å². The Balaban J connectivity index is 1.77. The van der Waals surface area contributed by atoms with E-state index < -0.39 is 11.6 Å². The van der Waals surface area contributed by atoms with Crippen molar-refractivity contribution in [1.82, 2.24) is 0 Å². The number of hydrogen-bond donors (Lipinski definition) is 1. The van der Waals surface area contributed by atoms with E-state index in [2.05, 4.69) is 21.0 Å². The Morgan fingerprint density at radius 2 is 1.96 bits per heavy atom. The quantitative estimate of drug-likeness (QED) is 0.507. The Labute approximate surface area is 152 Å².